The molecule has 2 atom stereocenters. The van der Waals surface area contributed by atoms with E-state index in [1.165, 1.54) is 0 Å². The lowest BCUT2D eigenvalue weighted by Gasteiger charge is -2.39. The fourth-order valence-electron chi connectivity index (χ4n) is 3.19. The lowest BCUT2D eigenvalue weighted by atomic mass is 9.80. The van der Waals surface area contributed by atoms with Crippen LogP contribution in [0.3, 0.4) is 0 Å². The Morgan fingerprint density at radius 3 is 2.42 bits per heavy atom. The molecule has 0 aromatic carbocycles. The lowest BCUT2D eigenvalue weighted by molar-refractivity contribution is -0.189. The van der Waals surface area contributed by atoms with Gasteiger partial charge in [-0.3, -0.25) is 0 Å². The second kappa shape index (κ2) is 6.00. The van der Waals surface area contributed by atoms with Crippen molar-refractivity contribution in [2.24, 2.45) is 11.3 Å². The second-order valence-corrected chi connectivity index (χ2v) is 6.34. The fourth-order valence-corrected chi connectivity index (χ4v) is 3.19. The van der Waals surface area contributed by atoms with Gasteiger partial charge in [-0.05, 0) is 31.1 Å². The van der Waals surface area contributed by atoms with E-state index in [1.807, 2.05) is 0 Å². The summed E-state index contributed by atoms with van der Waals surface area (Å²) < 4.78 is 44.3. The quantitative estimate of drug-likeness (QED) is 0.853. The molecule has 2 aliphatic rings. The maximum atomic E-state index is 13.0. The molecule has 0 radical (unpaired) electrons. The van der Waals surface area contributed by atoms with Crippen LogP contribution in [0.4, 0.5) is 13.2 Å². The molecule has 2 nitrogen and oxygen atoms in total. The molecule has 0 aromatic heterocycles. The van der Waals surface area contributed by atoms with Crippen molar-refractivity contribution in [3.8, 4) is 0 Å². The summed E-state index contributed by atoms with van der Waals surface area (Å²) in [7, 11) is 0. The van der Waals surface area contributed by atoms with Gasteiger partial charge in [0.1, 0.15) is 0 Å². The Labute approximate surface area is 113 Å². The van der Waals surface area contributed by atoms with Crippen molar-refractivity contribution < 1.29 is 17.9 Å². The monoisotopic (exact) mass is 279 g/mol. The molecule has 19 heavy (non-hydrogen) atoms. The maximum Gasteiger partial charge on any atom is 0.393 e. The van der Waals surface area contributed by atoms with Gasteiger partial charge in [0.2, 0.25) is 0 Å². The molecule has 1 aliphatic heterocycles. The third-order valence-electron chi connectivity index (χ3n) is 4.68. The topological polar surface area (TPSA) is 21.3 Å². The van der Waals surface area contributed by atoms with Gasteiger partial charge in [0.15, 0.2) is 0 Å². The Morgan fingerprint density at radius 2 is 1.79 bits per heavy atom. The predicted octanol–water partition coefficient (Wildman–Crippen LogP) is 3.51. The number of halogens is 3. The fraction of sp³-hybridized carbons (Fsp3) is 1.00. The van der Waals surface area contributed by atoms with E-state index in [0.29, 0.717) is 19.4 Å². The van der Waals surface area contributed by atoms with Crippen molar-refractivity contribution in [3.05, 3.63) is 0 Å². The molecular formula is C14H24F3NO. The van der Waals surface area contributed by atoms with Crippen molar-refractivity contribution in [2.75, 3.05) is 19.8 Å². The smallest absolute Gasteiger partial charge is 0.381 e. The van der Waals surface area contributed by atoms with Crippen molar-refractivity contribution in [1.29, 1.82) is 0 Å². The van der Waals surface area contributed by atoms with Crippen molar-refractivity contribution in [1.82, 2.24) is 5.32 Å². The molecule has 2 fully saturated rings. The summed E-state index contributed by atoms with van der Waals surface area (Å²) in [4.78, 5) is 0. The van der Waals surface area contributed by atoms with Crippen LogP contribution in [0.2, 0.25) is 0 Å². The average Bonchev–Trinajstić information content (AvgIpc) is 2.37. The summed E-state index contributed by atoms with van der Waals surface area (Å²) in [6, 6.07) is -0.395. The SMILES string of the molecule is CC1(CNC2CCCCC2C(F)(F)F)CCOCC1. The van der Waals surface area contributed by atoms with Crippen LogP contribution in [0, 0.1) is 11.3 Å². The Balaban J connectivity index is 1.89. The normalized spacial score (nSPS) is 32.2. The molecule has 1 heterocycles. The minimum absolute atomic E-state index is 0.0891. The zero-order chi connectivity index (χ0) is 13.9. The van der Waals surface area contributed by atoms with Crippen LogP contribution >= 0.6 is 0 Å². The van der Waals surface area contributed by atoms with Crippen LogP contribution in [0.15, 0.2) is 0 Å². The van der Waals surface area contributed by atoms with Gasteiger partial charge in [0.25, 0.3) is 0 Å². The highest BCUT2D eigenvalue weighted by Gasteiger charge is 2.45. The molecule has 1 saturated carbocycles. The average molecular weight is 279 g/mol. The summed E-state index contributed by atoms with van der Waals surface area (Å²) in [5.74, 6) is -1.16. The molecular weight excluding hydrogens is 255 g/mol. The lowest BCUT2D eigenvalue weighted by Crippen LogP contribution is -2.49. The first-order valence-electron chi connectivity index (χ1n) is 7.29. The molecule has 1 saturated heterocycles. The van der Waals surface area contributed by atoms with E-state index >= 15 is 0 Å². The van der Waals surface area contributed by atoms with Crippen LogP contribution in [0.25, 0.3) is 0 Å². The molecule has 2 rings (SSSR count). The van der Waals surface area contributed by atoms with E-state index in [1.54, 1.807) is 0 Å². The summed E-state index contributed by atoms with van der Waals surface area (Å²) in [6.07, 6.45) is 0.344. The Morgan fingerprint density at radius 1 is 1.16 bits per heavy atom. The van der Waals surface area contributed by atoms with Gasteiger partial charge in [-0.15, -0.1) is 0 Å². The van der Waals surface area contributed by atoms with Gasteiger partial charge < -0.3 is 10.1 Å². The molecule has 0 aromatic rings. The van der Waals surface area contributed by atoms with Crippen LogP contribution in [-0.4, -0.2) is 32.0 Å². The number of hydrogen-bond donors (Lipinski definition) is 1. The second-order valence-electron chi connectivity index (χ2n) is 6.34. The molecule has 0 spiro atoms. The first-order valence-corrected chi connectivity index (χ1v) is 7.29. The summed E-state index contributed by atoms with van der Waals surface area (Å²) in [5.41, 5.74) is 0.0891. The number of alkyl halides is 3. The Hall–Kier alpha value is -0.290. The van der Waals surface area contributed by atoms with E-state index in [-0.39, 0.29) is 11.8 Å². The number of hydrogen-bond acceptors (Lipinski definition) is 2. The molecule has 1 aliphatic carbocycles. The standard InChI is InChI=1S/C14H24F3NO/c1-13(6-8-19-9-7-13)10-18-12-5-3-2-4-11(12)14(15,16)17/h11-12,18H,2-10H2,1H3. The number of ether oxygens (including phenoxy) is 1. The van der Waals surface area contributed by atoms with E-state index in [0.717, 1.165) is 32.5 Å². The molecule has 0 amide bonds. The first-order chi connectivity index (χ1) is 8.91. The van der Waals surface area contributed by atoms with Gasteiger partial charge in [0.05, 0.1) is 5.92 Å². The first kappa shape index (κ1) is 15.1. The Bertz CT molecular complexity index is 287. The van der Waals surface area contributed by atoms with Gasteiger partial charge in [-0.1, -0.05) is 19.8 Å². The van der Waals surface area contributed by atoms with E-state index in [9.17, 15) is 13.2 Å². The van der Waals surface area contributed by atoms with Crippen LogP contribution < -0.4 is 5.32 Å². The Kier molecular flexibility index (Phi) is 4.77. The maximum absolute atomic E-state index is 13.0. The molecule has 1 N–H and O–H groups in total. The highest BCUT2D eigenvalue weighted by atomic mass is 19.4. The third kappa shape index (κ3) is 4.09. The third-order valence-corrected chi connectivity index (χ3v) is 4.68. The van der Waals surface area contributed by atoms with Crippen molar-refractivity contribution >= 4 is 0 Å². The van der Waals surface area contributed by atoms with Crippen LogP contribution in [-0.2, 0) is 4.74 Å². The number of nitrogens with one attached hydrogen (secondary N) is 1. The van der Waals surface area contributed by atoms with Gasteiger partial charge in [0, 0.05) is 25.8 Å². The van der Waals surface area contributed by atoms with Crippen LogP contribution in [0.5, 0.6) is 0 Å². The minimum atomic E-state index is -4.06. The van der Waals surface area contributed by atoms with Gasteiger partial charge in [-0.2, -0.15) is 13.2 Å². The van der Waals surface area contributed by atoms with Crippen LogP contribution in [0.1, 0.15) is 45.4 Å². The van der Waals surface area contributed by atoms with Crippen molar-refractivity contribution in [3.63, 3.8) is 0 Å². The zero-order valence-electron chi connectivity index (χ0n) is 11.6. The summed E-state index contributed by atoms with van der Waals surface area (Å²) in [5, 5.41) is 3.21. The van der Waals surface area contributed by atoms with E-state index in [4.69, 9.17) is 4.74 Å². The van der Waals surface area contributed by atoms with E-state index < -0.39 is 18.1 Å². The number of rotatable bonds is 3. The van der Waals surface area contributed by atoms with E-state index in [2.05, 4.69) is 12.2 Å². The highest BCUT2D eigenvalue weighted by Crippen LogP contribution is 2.38. The zero-order valence-corrected chi connectivity index (χ0v) is 11.6. The molecule has 2 unspecified atom stereocenters. The minimum Gasteiger partial charge on any atom is -0.381 e. The summed E-state index contributed by atoms with van der Waals surface area (Å²) >= 11 is 0. The predicted molar refractivity (Wildman–Crippen MR) is 68.0 cm³/mol. The molecule has 5 heteroatoms. The van der Waals surface area contributed by atoms with Crippen molar-refractivity contribution in [2.45, 2.75) is 57.7 Å². The highest BCUT2D eigenvalue weighted by molar-refractivity contribution is 4.88. The molecule has 0 bridgehead atoms. The molecule has 112 valence electrons. The largest absolute Gasteiger partial charge is 0.393 e. The van der Waals surface area contributed by atoms with Gasteiger partial charge in [-0.25, -0.2) is 0 Å². The summed E-state index contributed by atoms with van der Waals surface area (Å²) in [6.45, 7) is 4.28. The van der Waals surface area contributed by atoms with Gasteiger partial charge >= 0.3 is 6.18 Å².